The Morgan fingerprint density at radius 1 is 1.29 bits per heavy atom. The molecule has 0 saturated carbocycles. The third-order valence-corrected chi connectivity index (χ3v) is 2.68. The molecule has 1 aliphatic rings. The fraction of sp³-hybridized carbons (Fsp3) is 0.417. The average Bonchev–Trinajstić information content (AvgIpc) is 2.23. The van der Waals surface area contributed by atoms with E-state index < -0.39 is 0 Å². The second kappa shape index (κ2) is 3.93. The zero-order valence-corrected chi connectivity index (χ0v) is 8.27. The predicted octanol–water partition coefficient (Wildman–Crippen LogP) is 2.35. The van der Waals surface area contributed by atoms with Gasteiger partial charge in [-0.1, -0.05) is 37.3 Å². The average molecular weight is 190 g/mol. The quantitative estimate of drug-likeness (QED) is 0.679. The van der Waals surface area contributed by atoms with E-state index in [-0.39, 0.29) is 17.8 Å². The SMILES string of the molecule is C[C@H]1CCO[C@@H](c2ccccc2)C1=O. The number of Topliss-reactive ketones (excluding diaryl/α,β-unsaturated/α-hetero) is 1. The maximum atomic E-state index is 11.8. The van der Waals surface area contributed by atoms with Crippen molar-refractivity contribution >= 4 is 5.78 Å². The van der Waals surface area contributed by atoms with Crippen LogP contribution in [-0.4, -0.2) is 12.4 Å². The normalized spacial score (nSPS) is 27.6. The molecule has 2 nitrogen and oxygen atoms in total. The van der Waals surface area contributed by atoms with E-state index in [2.05, 4.69) is 0 Å². The van der Waals surface area contributed by atoms with Crippen LogP contribution in [0.1, 0.15) is 25.0 Å². The second-order valence-corrected chi connectivity index (χ2v) is 3.75. The Morgan fingerprint density at radius 2 is 2.00 bits per heavy atom. The monoisotopic (exact) mass is 190 g/mol. The minimum absolute atomic E-state index is 0.133. The van der Waals surface area contributed by atoms with Gasteiger partial charge in [0, 0.05) is 12.5 Å². The van der Waals surface area contributed by atoms with Gasteiger partial charge < -0.3 is 4.74 Å². The topological polar surface area (TPSA) is 26.3 Å². The molecule has 1 fully saturated rings. The van der Waals surface area contributed by atoms with Crippen molar-refractivity contribution < 1.29 is 9.53 Å². The van der Waals surface area contributed by atoms with Crippen LogP contribution in [0.2, 0.25) is 0 Å². The maximum Gasteiger partial charge on any atom is 0.168 e. The maximum absolute atomic E-state index is 11.8. The van der Waals surface area contributed by atoms with E-state index in [0.717, 1.165) is 12.0 Å². The van der Waals surface area contributed by atoms with Crippen LogP contribution in [0, 0.1) is 5.92 Å². The summed E-state index contributed by atoms with van der Waals surface area (Å²) in [5.41, 5.74) is 0.976. The lowest BCUT2D eigenvalue weighted by Crippen LogP contribution is -2.29. The van der Waals surface area contributed by atoms with Crippen molar-refractivity contribution in [1.82, 2.24) is 0 Å². The van der Waals surface area contributed by atoms with Gasteiger partial charge in [-0.15, -0.1) is 0 Å². The van der Waals surface area contributed by atoms with Crippen molar-refractivity contribution in [3.8, 4) is 0 Å². The fourth-order valence-corrected chi connectivity index (χ4v) is 1.73. The molecule has 1 aromatic carbocycles. The highest BCUT2D eigenvalue weighted by molar-refractivity contribution is 5.86. The minimum atomic E-state index is -0.333. The zero-order chi connectivity index (χ0) is 9.97. The van der Waals surface area contributed by atoms with Crippen molar-refractivity contribution in [3.05, 3.63) is 35.9 Å². The summed E-state index contributed by atoms with van der Waals surface area (Å²) in [6.45, 7) is 2.66. The third-order valence-electron chi connectivity index (χ3n) is 2.68. The molecule has 1 heterocycles. The second-order valence-electron chi connectivity index (χ2n) is 3.75. The Kier molecular flexibility index (Phi) is 2.64. The largest absolute Gasteiger partial charge is 0.366 e. The Balaban J connectivity index is 2.22. The summed E-state index contributed by atoms with van der Waals surface area (Å²) in [5.74, 6) is 0.344. The standard InChI is InChI=1S/C12H14O2/c1-9-7-8-14-12(11(9)13)10-5-3-2-4-6-10/h2-6,9,12H,7-8H2,1H3/t9-,12-/m0/s1. The first-order chi connectivity index (χ1) is 6.79. The molecule has 14 heavy (non-hydrogen) atoms. The van der Waals surface area contributed by atoms with E-state index >= 15 is 0 Å². The van der Waals surface area contributed by atoms with Crippen LogP contribution in [0.3, 0.4) is 0 Å². The van der Waals surface area contributed by atoms with Gasteiger partial charge in [-0.2, -0.15) is 0 Å². The molecule has 1 aromatic rings. The van der Waals surface area contributed by atoms with Gasteiger partial charge in [0.15, 0.2) is 5.78 Å². The van der Waals surface area contributed by atoms with Crippen LogP contribution in [0.5, 0.6) is 0 Å². The number of carbonyl (C=O) groups excluding carboxylic acids is 1. The number of ether oxygens (including phenoxy) is 1. The summed E-state index contributed by atoms with van der Waals surface area (Å²) in [4.78, 5) is 11.8. The fourth-order valence-electron chi connectivity index (χ4n) is 1.73. The Hall–Kier alpha value is -1.15. The van der Waals surface area contributed by atoms with E-state index in [1.54, 1.807) is 0 Å². The van der Waals surface area contributed by atoms with Crippen LogP contribution < -0.4 is 0 Å². The van der Waals surface area contributed by atoms with Gasteiger partial charge in [0.2, 0.25) is 0 Å². The number of hydrogen-bond acceptors (Lipinski definition) is 2. The van der Waals surface area contributed by atoms with Crippen molar-refractivity contribution in [3.63, 3.8) is 0 Å². The van der Waals surface area contributed by atoms with Crippen LogP contribution >= 0.6 is 0 Å². The first-order valence-electron chi connectivity index (χ1n) is 4.99. The molecule has 2 rings (SSSR count). The minimum Gasteiger partial charge on any atom is -0.366 e. The number of ketones is 1. The van der Waals surface area contributed by atoms with Gasteiger partial charge in [-0.05, 0) is 12.0 Å². The van der Waals surface area contributed by atoms with E-state index in [4.69, 9.17) is 4.74 Å². The number of rotatable bonds is 1. The number of hydrogen-bond donors (Lipinski definition) is 0. The van der Waals surface area contributed by atoms with Crippen LogP contribution in [0.15, 0.2) is 30.3 Å². The molecular weight excluding hydrogens is 176 g/mol. The molecule has 2 heteroatoms. The molecule has 0 unspecified atom stereocenters. The molecule has 1 aliphatic heterocycles. The molecule has 74 valence electrons. The van der Waals surface area contributed by atoms with E-state index in [9.17, 15) is 4.79 Å². The Morgan fingerprint density at radius 3 is 2.71 bits per heavy atom. The predicted molar refractivity (Wildman–Crippen MR) is 53.9 cm³/mol. The number of benzene rings is 1. The molecule has 2 atom stereocenters. The van der Waals surface area contributed by atoms with E-state index in [0.29, 0.717) is 6.61 Å². The van der Waals surface area contributed by atoms with Crippen LogP contribution in [-0.2, 0) is 9.53 Å². The molecule has 0 spiro atoms. The van der Waals surface area contributed by atoms with Gasteiger partial charge in [0.25, 0.3) is 0 Å². The molecule has 0 aliphatic carbocycles. The highest BCUT2D eigenvalue weighted by atomic mass is 16.5. The van der Waals surface area contributed by atoms with Crippen LogP contribution in [0.4, 0.5) is 0 Å². The van der Waals surface area contributed by atoms with Crippen molar-refractivity contribution in [1.29, 1.82) is 0 Å². The molecule has 0 amide bonds. The molecule has 0 N–H and O–H groups in total. The first kappa shape index (κ1) is 9.41. The van der Waals surface area contributed by atoms with Gasteiger partial charge in [0.05, 0.1) is 0 Å². The molecule has 0 bridgehead atoms. The highest BCUT2D eigenvalue weighted by Gasteiger charge is 2.29. The molecule has 0 radical (unpaired) electrons. The lowest BCUT2D eigenvalue weighted by Gasteiger charge is -2.26. The van der Waals surface area contributed by atoms with E-state index in [1.165, 1.54) is 0 Å². The van der Waals surface area contributed by atoms with Gasteiger partial charge in [-0.3, -0.25) is 4.79 Å². The van der Waals surface area contributed by atoms with Crippen molar-refractivity contribution in [2.75, 3.05) is 6.61 Å². The van der Waals surface area contributed by atoms with Gasteiger partial charge in [-0.25, -0.2) is 0 Å². The summed E-state index contributed by atoms with van der Waals surface area (Å²) >= 11 is 0. The zero-order valence-electron chi connectivity index (χ0n) is 8.27. The van der Waals surface area contributed by atoms with E-state index in [1.807, 2.05) is 37.3 Å². The lowest BCUT2D eigenvalue weighted by molar-refractivity contribution is -0.141. The Labute approximate surface area is 83.9 Å². The summed E-state index contributed by atoms with van der Waals surface area (Å²) < 4.78 is 5.50. The van der Waals surface area contributed by atoms with Crippen molar-refractivity contribution in [2.24, 2.45) is 5.92 Å². The van der Waals surface area contributed by atoms with Gasteiger partial charge in [0.1, 0.15) is 6.10 Å². The van der Waals surface area contributed by atoms with Gasteiger partial charge >= 0.3 is 0 Å². The third kappa shape index (κ3) is 1.70. The van der Waals surface area contributed by atoms with Crippen LogP contribution in [0.25, 0.3) is 0 Å². The summed E-state index contributed by atoms with van der Waals surface area (Å²) in [6, 6.07) is 9.71. The van der Waals surface area contributed by atoms with Crippen molar-refractivity contribution in [2.45, 2.75) is 19.4 Å². The smallest absolute Gasteiger partial charge is 0.168 e. The molecule has 0 aromatic heterocycles. The summed E-state index contributed by atoms with van der Waals surface area (Å²) in [7, 11) is 0. The summed E-state index contributed by atoms with van der Waals surface area (Å²) in [5, 5.41) is 0. The summed E-state index contributed by atoms with van der Waals surface area (Å²) in [6.07, 6.45) is 0.516. The number of carbonyl (C=O) groups is 1. The first-order valence-corrected chi connectivity index (χ1v) is 4.99. The molecule has 1 saturated heterocycles. The Bertz CT molecular complexity index is 318. The molecular formula is C12H14O2. The lowest BCUT2D eigenvalue weighted by atomic mass is 9.92. The highest BCUT2D eigenvalue weighted by Crippen LogP contribution is 2.27.